The van der Waals surface area contributed by atoms with Crippen LogP contribution in [-0.2, 0) is 22.9 Å². The van der Waals surface area contributed by atoms with Crippen LogP contribution in [0, 0.1) is 12.3 Å². The molecule has 3 rings (SSSR count). The molecule has 1 aromatic heterocycles. The number of H-pyrrole nitrogens is 1. The van der Waals surface area contributed by atoms with Crippen molar-refractivity contribution in [3.8, 4) is 12.3 Å². The number of aromatic nitrogens is 2. The molecule has 2 aliphatic rings. The molecule has 2 N–H and O–H groups in total. The van der Waals surface area contributed by atoms with Gasteiger partial charge >= 0.3 is 13.5 Å². The molecule has 0 amide bonds. The Morgan fingerprint density at radius 1 is 1.56 bits per heavy atom. The molecule has 2 saturated heterocycles. The van der Waals surface area contributed by atoms with Crippen LogP contribution < -0.4 is 11.2 Å². The first-order valence-corrected chi connectivity index (χ1v) is 8.93. The van der Waals surface area contributed by atoms with Crippen molar-refractivity contribution < 1.29 is 28.0 Å². The number of phosphoric ester groups is 1. The highest BCUT2D eigenvalue weighted by atomic mass is 31.2. The van der Waals surface area contributed by atoms with E-state index in [4.69, 9.17) is 24.7 Å². The molecule has 0 aliphatic carbocycles. The fourth-order valence-corrected chi connectivity index (χ4v) is 4.32. The van der Waals surface area contributed by atoms with E-state index >= 15 is 0 Å². The van der Waals surface area contributed by atoms with Gasteiger partial charge in [-0.1, -0.05) is 5.92 Å². The van der Waals surface area contributed by atoms with E-state index < -0.39 is 49.2 Å². The number of rotatable bonds is 3. The van der Waals surface area contributed by atoms with Gasteiger partial charge in [0.1, 0.15) is 12.2 Å². The van der Waals surface area contributed by atoms with Gasteiger partial charge in [0.2, 0.25) is 0 Å². The molecule has 0 aromatic carbocycles. The molecule has 136 valence electrons. The summed E-state index contributed by atoms with van der Waals surface area (Å²) in [4.78, 5) is 25.3. The topological polar surface area (TPSA) is 129 Å². The number of ether oxygens (including phenoxy) is 1. The number of hydrogen-bond acceptors (Lipinski definition) is 8. The molecule has 0 unspecified atom stereocenters. The van der Waals surface area contributed by atoms with Crippen LogP contribution in [0.1, 0.15) is 20.1 Å². The molecular formula is C14H17N2O8P. The van der Waals surface area contributed by atoms with Crippen molar-refractivity contribution in [1.29, 1.82) is 0 Å². The number of phosphoric acid groups is 1. The van der Waals surface area contributed by atoms with E-state index in [1.807, 2.05) is 4.98 Å². The number of fused-ring (bicyclic) bond motifs is 1. The second-order valence-corrected chi connectivity index (χ2v) is 7.51. The molecular weight excluding hydrogens is 355 g/mol. The van der Waals surface area contributed by atoms with Gasteiger partial charge in [-0.05, 0) is 13.8 Å². The lowest BCUT2D eigenvalue weighted by Gasteiger charge is -2.34. The first kappa shape index (κ1) is 18.1. The summed E-state index contributed by atoms with van der Waals surface area (Å²) in [7, 11) is -3.95. The predicted molar refractivity (Wildman–Crippen MR) is 83.7 cm³/mol. The van der Waals surface area contributed by atoms with Crippen molar-refractivity contribution in [3.63, 3.8) is 0 Å². The third kappa shape index (κ3) is 3.11. The highest BCUT2D eigenvalue weighted by Gasteiger charge is 2.62. The van der Waals surface area contributed by atoms with E-state index in [9.17, 15) is 19.3 Å². The Kier molecular flexibility index (Phi) is 4.49. The Morgan fingerprint density at radius 2 is 2.28 bits per heavy atom. The Balaban J connectivity index is 1.98. The van der Waals surface area contributed by atoms with Crippen LogP contribution in [0.25, 0.3) is 0 Å². The quantitative estimate of drug-likeness (QED) is 0.549. The van der Waals surface area contributed by atoms with Gasteiger partial charge in [0.05, 0.1) is 12.7 Å². The standard InChI is InChI=1S/C14H17N2O8P/c1-4-14(19)11-9(7-21-25(20,24-11)23-8(2)3)22-12(14)16-6-5-10(17)15-13(16)18/h1,5-6,8-9,11-12,19H,7H2,2-3H3,(H,15,17,18)/t9-,11-,12-,14-,25-/m1/s1. The molecule has 5 atom stereocenters. The third-order valence-electron chi connectivity index (χ3n) is 3.77. The largest absolute Gasteiger partial charge is 0.475 e. The van der Waals surface area contributed by atoms with Crippen LogP contribution in [0.5, 0.6) is 0 Å². The fourth-order valence-electron chi connectivity index (χ4n) is 2.73. The van der Waals surface area contributed by atoms with E-state index in [1.54, 1.807) is 13.8 Å². The average Bonchev–Trinajstić information content (AvgIpc) is 2.79. The molecule has 0 radical (unpaired) electrons. The monoisotopic (exact) mass is 372 g/mol. The molecule has 11 heteroatoms. The molecule has 2 fully saturated rings. The van der Waals surface area contributed by atoms with Crippen molar-refractivity contribution in [2.75, 3.05) is 6.61 Å². The zero-order valence-corrected chi connectivity index (χ0v) is 14.3. The smallest absolute Gasteiger partial charge is 0.371 e. The lowest BCUT2D eigenvalue weighted by molar-refractivity contribution is -0.0753. The molecule has 25 heavy (non-hydrogen) atoms. The minimum atomic E-state index is -3.95. The summed E-state index contributed by atoms with van der Waals surface area (Å²) < 4.78 is 34.7. The zero-order valence-electron chi connectivity index (χ0n) is 13.4. The number of nitrogens with one attached hydrogen (secondary N) is 1. The minimum absolute atomic E-state index is 0.215. The van der Waals surface area contributed by atoms with E-state index in [1.165, 1.54) is 0 Å². The van der Waals surface area contributed by atoms with Gasteiger partial charge in [-0.15, -0.1) is 6.42 Å². The molecule has 0 spiro atoms. The fraction of sp³-hybridized carbons (Fsp3) is 0.571. The number of hydrogen-bond donors (Lipinski definition) is 2. The summed E-state index contributed by atoms with van der Waals surface area (Å²) in [6, 6.07) is 1.08. The summed E-state index contributed by atoms with van der Waals surface area (Å²) in [6.45, 7) is 3.06. The maximum Gasteiger partial charge on any atom is 0.475 e. The van der Waals surface area contributed by atoms with E-state index in [-0.39, 0.29) is 6.61 Å². The summed E-state index contributed by atoms with van der Waals surface area (Å²) in [5, 5.41) is 10.9. The Hall–Kier alpha value is -1.73. The minimum Gasteiger partial charge on any atom is -0.371 e. The van der Waals surface area contributed by atoms with Crippen molar-refractivity contribution in [3.05, 3.63) is 33.1 Å². The van der Waals surface area contributed by atoms with Crippen molar-refractivity contribution in [2.45, 2.75) is 44.0 Å². The zero-order chi connectivity index (χ0) is 18.4. The van der Waals surface area contributed by atoms with Gasteiger partial charge in [0.25, 0.3) is 5.56 Å². The SMILES string of the molecule is C#C[C@@]1(O)[C@@H]2O[P@@](=O)(OC(C)C)OC[C@H]2O[C@H]1n1ccc(=O)[nH]c1=O. The number of nitrogens with zero attached hydrogens (tertiary/aromatic N) is 1. The van der Waals surface area contributed by atoms with Crippen LogP contribution in [0.4, 0.5) is 0 Å². The highest BCUT2D eigenvalue weighted by molar-refractivity contribution is 7.48. The summed E-state index contributed by atoms with van der Waals surface area (Å²) in [6.07, 6.45) is 2.63. The molecule has 0 bridgehead atoms. The first-order valence-electron chi connectivity index (χ1n) is 7.47. The number of terminal acetylenes is 1. The molecule has 3 heterocycles. The Morgan fingerprint density at radius 3 is 2.88 bits per heavy atom. The Bertz CT molecular complexity index is 871. The summed E-state index contributed by atoms with van der Waals surface area (Å²) in [5.74, 6) is 2.14. The van der Waals surface area contributed by atoms with Gasteiger partial charge in [0.15, 0.2) is 11.8 Å². The van der Waals surface area contributed by atoms with Crippen molar-refractivity contribution >= 4 is 7.82 Å². The van der Waals surface area contributed by atoms with E-state index in [0.29, 0.717) is 0 Å². The van der Waals surface area contributed by atoms with E-state index in [0.717, 1.165) is 16.8 Å². The van der Waals surface area contributed by atoms with Crippen LogP contribution >= 0.6 is 7.82 Å². The number of aromatic amines is 1. The maximum absolute atomic E-state index is 12.5. The van der Waals surface area contributed by atoms with Gasteiger partial charge < -0.3 is 9.84 Å². The normalized spacial score (nSPS) is 37.6. The van der Waals surface area contributed by atoms with Gasteiger partial charge in [-0.25, -0.2) is 9.36 Å². The van der Waals surface area contributed by atoms with Crippen LogP contribution in [0.2, 0.25) is 0 Å². The van der Waals surface area contributed by atoms with Crippen LogP contribution in [-0.4, -0.2) is 45.2 Å². The van der Waals surface area contributed by atoms with Gasteiger partial charge in [-0.3, -0.25) is 27.9 Å². The second-order valence-electron chi connectivity index (χ2n) is 5.94. The lowest BCUT2D eigenvalue weighted by atomic mass is 9.95. The van der Waals surface area contributed by atoms with Gasteiger partial charge in [0, 0.05) is 12.3 Å². The van der Waals surface area contributed by atoms with E-state index in [2.05, 4.69) is 5.92 Å². The lowest BCUT2D eigenvalue weighted by Crippen LogP contribution is -2.50. The second kappa shape index (κ2) is 6.21. The van der Waals surface area contributed by atoms with Crippen molar-refractivity contribution in [1.82, 2.24) is 9.55 Å². The summed E-state index contributed by atoms with van der Waals surface area (Å²) in [5.41, 5.74) is -3.57. The molecule has 10 nitrogen and oxygen atoms in total. The maximum atomic E-state index is 12.5. The molecule has 0 saturated carbocycles. The number of aliphatic hydroxyl groups is 1. The third-order valence-corrected chi connectivity index (χ3v) is 5.40. The Labute approximate surface area is 142 Å². The summed E-state index contributed by atoms with van der Waals surface area (Å²) >= 11 is 0. The first-order chi connectivity index (χ1) is 11.7. The molecule has 2 aliphatic heterocycles. The van der Waals surface area contributed by atoms with Crippen molar-refractivity contribution in [2.24, 2.45) is 0 Å². The average molecular weight is 372 g/mol. The molecule has 1 aromatic rings. The predicted octanol–water partition coefficient (Wildman–Crippen LogP) is -0.253. The van der Waals surface area contributed by atoms with Crippen LogP contribution in [0.15, 0.2) is 21.9 Å². The highest BCUT2D eigenvalue weighted by Crippen LogP contribution is 2.59. The van der Waals surface area contributed by atoms with Gasteiger partial charge in [-0.2, -0.15) is 0 Å². The van der Waals surface area contributed by atoms with Crippen LogP contribution in [0.3, 0.4) is 0 Å².